The smallest absolute Gasteiger partial charge is 0.338 e. The fraction of sp³-hybridized carbons (Fsp3) is 0.391. The van der Waals surface area contributed by atoms with Crippen LogP contribution >= 0.6 is 11.6 Å². The predicted octanol–water partition coefficient (Wildman–Crippen LogP) is 3.86. The van der Waals surface area contributed by atoms with Crippen molar-refractivity contribution in [3.8, 4) is 0 Å². The van der Waals surface area contributed by atoms with Crippen LogP contribution in [0.25, 0.3) is 0 Å². The first-order valence-corrected chi connectivity index (χ1v) is 12.3. The van der Waals surface area contributed by atoms with Gasteiger partial charge in [-0.05, 0) is 62.1 Å². The molecule has 0 saturated carbocycles. The minimum atomic E-state index is -3.69. The van der Waals surface area contributed by atoms with Gasteiger partial charge in [-0.1, -0.05) is 36.2 Å². The second-order valence-corrected chi connectivity index (χ2v) is 10.2. The molecule has 1 aliphatic heterocycles. The van der Waals surface area contributed by atoms with Crippen LogP contribution in [0.3, 0.4) is 0 Å². The fourth-order valence-electron chi connectivity index (χ4n) is 3.58. The number of ether oxygens (including phenoxy) is 1. The monoisotopic (exact) mass is 478 g/mol. The van der Waals surface area contributed by atoms with Crippen molar-refractivity contribution in [2.45, 2.75) is 44.0 Å². The highest BCUT2D eigenvalue weighted by Crippen LogP contribution is 2.24. The van der Waals surface area contributed by atoms with E-state index < -0.39 is 28.5 Å². The van der Waals surface area contributed by atoms with E-state index in [1.54, 1.807) is 44.2 Å². The van der Waals surface area contributed by atoms with Gasteiger partial charge >= 0.3 is 5.97 Å². The number of hydrogen-bond acceptors (Lipinski definition) is 5. The fourth-order valence-corrected chi connectivity index (χ4v) is 5.48. The first-order valence-electron chi connectivity index (χ1n) is 10.5. The highest BCUT2D eigenvalue weighted by molar-refractivity contribution is 7.89. The number of nitrogens with zero attached hydrogens (tertiary/aromatic N) is 1. The quantitative estimate of drug-likeness (QED) is 0.610. The van der Waals surface area contributed by atoms with E-state index in [4.69, 9.17) is 16.3 Å². The topological polar surface area (TPSA) is 92.8 Å². The van der Waals surface area contributed by atoms with Gasteiger partial charge in [-0.15, -0.1) is 0 Å². The maximum Gasteiger partial charge on any atom is 0.338 e. The summed E-state index contributed by atoms with van der Waals surface area (Å²) in [5.41, 5.74) is 1.51. The Morgan fingerprint density at radius 1 is 1.09 bits per heavy atom. The Balaban J connectivity index is 1.63. The zero-order valence-corrected chi connectivity index (χ0v) is 19.7. The highest BCUT2D eigenvalue weighted by atomic mass is 35.5. The van der Waals surface area contributed by atoms with Crippen molar-refractivity contribution in [3.05, 3.63) is 64.2 Å². The van der Waals surface area contributed by atoms with E-state index in [1.807, 2.05) is 0 Å². The number of carbonyl (C=O) groups is 2. The predicted molar refractivity (Wildman–Crippen MR) is 122 cm³/mol. The van der Waals surface area contributed by atoms with Crippen molar-refractivity contribution in [3.63, 3.8) is 0 Å². The van der Waals surface area contributed by atoms with E-state index >= 15 is 0 Å². The van der Waals surface area contributed by atoms with Crippen LogP contribution < -0.4 is 5.32 Å². The average Bonchev–Trinajstić information content (AvgIpc) is 2.78. The molecule has 1 fully saturated rings. The number of benzene rings is 2. The molecule has 3 rings (SSSR count). The maximum atomic E-state index is 13.0. The molecule has 0 unspecified atom stereocenters. The average molecular weight is 479 g/mol. The molecule has 0 spiro atoms. The Bertz CT molecular complexity index is 1080. The van der Waals surface area contributed by atoms with Gasteiger partial charge in [0.15, 0.2) is 6.61 Å². The number of carbonyl (C=O) groups excluding carboxylic acids is 2. The van der Waals surface area contributed by atoms with Gasteiger partial charge in [0.05, 0.1) is 16.5 Å². The standard InChI is InChI=1S/C23H27ClN2O5S/c1-16-6-7-19(14-21(16)32(29,30)26-12-4-3-5-13-26)23(28)31-15-22(27)25-17(2)18-8-10-20(24)11-9-18/h6-11,14,17H,3-5,12-13,15H2,1-2H3,(H,25,27)/t17-/m1/s1. The first-order chi connectivity index (χ1) is 15.2. The summed E-state index contributed by atoms with van der Waals surface area (Å²) in [6.07, 6.45) is 2.66. The van der Waals surface area contributed by atoms with Gasteiger partial charge in [0, 0.05) is 18.1 Å². The van der Waals surface area contributed by atoms with Crippen LogP contribution in [0.15, 0.2) is 47.4 Å². The third-order valence-corrected chi connectivity index (χ3v) is 7.73. The molecule has 7 nitrogen and oxygen atoms in total. The normalized spacial score (nSPS) is 15.7. The zero-order valence-electron chi connectivity index (χ0n) is 18.1. The molecule has 0 bridgehead atoms. The van der Waals surface area contributed by atoms with Gasteiger partial charge in [0.25, 0.3) is 5.91 Å². The van der Waals surface area contributed by atoms with E-state index in [2.05, 4.69) is 5.32 Å². The van der Waals surface area contributed by atoms with E-state index in [0.717, 1.165) is 24.8 Å². The molecule has 0 aromatic heterocycles. The van der Waals surface area contributed by atoms with Crippen LogP contribution in [0.5, 0.6) is 0 Å². The number of nitrogens with one attached hydrogen (secondary N) is 1. The molecular formula is C23H27ClN2O5S. The number of rotatable bonds is 7. The first kappa shape index (κ1) is 24.2. The van der Waals surface area contributed by atoms with Gasteiger partial charge in [-0.3, -0.25) is 4.79 Å². The minimum Gasteiger partial charge on any atom is -0.452 e. The molecule has 0 radical (unpaired) electrons. The molecule has 2 aromatic carbocycles. The van der Waals surface area contributed by atoms with Crippen LogP contribution in [0.2, 0.25) is 5.02 Å². The SMILES string of the molecule is Cc1ccc(C(=O)OCC(=O)N[C@H](C)c2ccc(Cl)cc2)cc1S(=O)(=O)N1CCCCC1. The summed E-state index contributed by atoms with van der Waals surface area (Å²) < 4.78 is 32.6. The van der Waals surface area contributed by atoms with Crippen molar-refractivity contribution in [2.75, 3.05) is 19.7 Å². The number of esters is 1. The zero-order chi connectivity index (χ0) is 23.3. The second-order valence-electron chi connectivity index (χ2n) is 7.86. The highest BCUT2D eigenvalue weighted by Gasteiger charge is 2.28. The number of amides is 1. The van der Waals surface area contributed by atoms with E-state index in [9.17, 15) is 18.0 Å². The van der Waals surface area contributed by atoms with Crippen LogP contribution in [0.4, 0.5) is 0 Å². The number of hydrogen-bond donors (Lipinski definition) is 1. The summed E-state index contributed by atoms with van der Waals surface area (Å²) in [6.45, 7) is 3.97. The minimum absolute atomic E-state index is 0.0877. The van der Waals surface area contributed by atoms with Crippen LogP contribution in [-0.2, 0) is 19.6 Å². The lowest BCUT2D eigenvalue weighted by atomic mass is 10.1. The summed E-state index contributed by atoms with van der Waals surface area (Å²) >= 11 is 5.87. The Labute approximate surface area is 193 Å². The van der Waals surface area contributed by atoms with E-state index in [0.29, 0.717) is 23.7 Å². The third-order valence-electron chi connectivity index (χ3n) is 5.44. The number of sulfonamides is 1. The van der Waals surface area contributed by atoms with Crippen LogP contribution in [0.1, 0.15) is 53.7 Å². The van der Waals surface area contributed by atoms with Gasteiger partial charge < -0.3 is 10.1 Å². The molecule has 0 aliphatic carbocycles. The maximum absolute atomic E-state index is 13.0. The van der Waals surface area contributed by atoms with Crippen LogP contribution in [-0.4, -0.2) is 44.3 Å². The van der Waals surface area contributed by atoms with Crippen molar-refractivity contribution < 1.29 is 22.7 Å². The van der Waals surface area contributed by atoms with E-state index in [1.165, 1.54) is 16.4 Å². The molecule has 2 aromatic rings. The lowest BCUT2D eigenvalue weighted by molar-refractivity contribution is -0.124. The molecule has 1 heterocycles. The van der Waals surface area contributed by atoms with Gasteiger partial charge in [-0.2, -0.15) is 4.31 Å². The lowest BCUT2D eigenvalue weighted by Gasteiger charge is -2.26. The molecule has 1 N–H and O–H groups in total. The molecule has 172 valence electrons. The summed E-state index contributed by atoms with van der Waals surface area (Å²) in [6, 6.07) is 11.2. The Morgan fingerprint density at radius 3 is 2.41 bits per heavy atom. The Kier molecular flexibility index (Phi) is 7.92. The van der Waals surface area contributed by atoms with Gasteiger partial charge in [0.1, 0.15) is 0 Å². The summed E-state index contributed by atoms with van der Waals surface area (Å²) in [5, 5.41) is 3.35. The van der Waals surface area contributed by atoms with Crippen LogP contribution in [0, 0.1) is 6.92 Å². The molecule has 1 saturated heterocycles. The molecule has 9 heteroatoms. The van der Waals surface area contributed by atoms with Gasteiger partial charge in [0.2, 0.25) is 10.0 Å². The molecule has 1 amide bonds. The lowest BCUT2D eigenvalue weighted by Crippen LogP contribution is -2.36. The number of halogens is 1. The van der Waals surface area contributed by atoms with Crippen molar-refractivity contribution >= 4 is 33.5 Å². The molecule has 32 heavy (non-hydrogen) atoms. The van der Waals surface area contributed by atoms with Crippen molar-refractivity contribution in [1.29, 1.82) is 0 Å². The van der Waals surface area contributed by atoms with E-state index in [-0.39, 0.29) is 16.5 Å². The molecule has 1 aliphatic rings. The number of piperidine rings is 1. The summed E-state index contributed by atoms with van der Waals surface area (Å²) in [7, 11) is -3.69. The van der Waals surface area contributed by atoms with Crippen molar-refractivity contribution in [1.82, 2.24) is 9.62 Å². The Morgan fingerprint density at radius 2 is 1.75 bits per heavy atom. The van der Waals surface area contributed by atoms with Crippen molar-refractivity contribution in [2.24, 2.45) is 0 Å². The second kappa shape index (κ2) is 10.5. The van der Waals surface area contributed by atoms with Gasteiger partial charge in [-0.25, -0.2) is 13.2 Å². The summed E-state index contributed by atoms with van der Waals surface area (Å²) in [5.74, 6) is -1.22. The molecular weight excluding hydrogens is 452 g/mol. The summed E-state index contributed by atoms with van der Waals surface area (Å²) in [4.78, 5) is 24.8. The number of aryl methyl sites for hydroxylation is 1. The Hall–Kier alpha value is -2.42. The molecule has 1 atom stereocenters. The largest absolute Gasteiger partial charge is 0.452 e. The third kappa shape index (κ3) is 5.88.